The van der Waals surface area contributed by atoms with Gasteiger partial charge in [-0.15, -0.1) is 11.3 Å². The molecule has 1 saturated heterocycles. The molecule has 1 aromatic rings. The van der Waals surface area contributed by atoms with Gasteiger partial charge in [0.25, 0.3) is 0 Å². The lowest BCUT2D eigenvalue weighted by Crippen LogP contribution is -2.44. The molecule has 2 heterocycles. The second-order valence-electron chi connectivity index (χ2n) is 3.46. The predicted octanol–water partition coefficient (Wildman–Crippen LogP) is 1.71. The average Bonchev–Trinajstić information content (AvgIpc) is 2.65. The first-order valence-electron chi connectivity index (χ1n) is 4.83. The maximum Gasteiger partial charge on any atom is 0.110 e. The first kappa shape index (κ1) is 10.8. The van der Waals surface area contributed by atoms with Crippen molar-refractivity contribution in [1.82, 2.24) is 15.2 Å². The number of halogens is 1. The molecule has 0 aromatic carbocycles. The average molecular weight is 323 g/mol. The summed E-state index contributed by atoms with van der Waals surface area (Å²) in [6.07, 6.45) is 1.96. The lowest BCUT2D eigenvalue weighted by atomic mass is 10.2. The molecule has 0 aliphatic carbocycles. The van der Waals surface area contributed by atoms with Crippen LogP contribution in [0.4, 0.5) is 0 Å². The molecule has 3 nitrogen and oxygen atoms in total. The van der Waals surface area contributed by atoms with Gasteiger partial charge in [-0.2, -0.15) is 0 Å². The highest BCUT2D eigenvalue weighted by Gasteiger charge is 2.19. The molecule has 1 fully saturated rings. The van der Waals surface area contributed by atoms with E-state index in [1.165, 1.54) is 7.89 Å². The second-order valence-corrected chi connectivity index (χ2v) is 6.42. The molecule has 0 bridgehead atoms. The van der Waals surface area contributed by atoms with E-state index in [0.717, 1.165) is 26.2 Å². The van der Waals surface area contributed by atoms with Crippen molar-refractivity contribution in [3.8, 4) is 0 Å². The fourth-order valence-electron chi connectivity index (χ4n) is 1.69. The lowest BCUT2D eigenvalue weighted by molar-refractivity contribution is 0.185. The highest BCUT2D eigenvalue weighted by Crippen LogP contribution is 2.25. The fourth-order valence-corrected chi connectivity index (χ4v) is 3.23. The van der Waals surface area contributed by atoms with Crippen molar-refractivity contribution >= 4 is 33.9 Å². The summed E-state index contributed by atoms with van der Waals surface area (Å²) in [5.41, 5.74) is 0. The molecule has 0 radical (unpaired) electrons. The number of hydrogen-bond acceptors (Lipinski definition) is 4. The summed E-state index contributed by atoms with van der Waals surface area (Å²) in [5.74, 6) is 0. The number of rotatable bonds is 2. The van der Waals surface area contributed by atoms with Crippen LogP contribution in [0, 0.1) is 2.88 Å². The summed E-state index contributed by atoms with van der Waals surface area (Å²) in [6, 6.07) is 0.477. The summed E-state index contributed by atoms with van der Waals surface area (Å²) < 4.78 is 1.28. The standard InChI is InChI=1S/C9H14IN3S/c1-7(9-12-6-8(10)14-9)13-4-2-11-3-5-13/h6-7,11H,2-5H2,1H3. The maximum absolute atomic E-state index is 4.44. The summed E-state index contributed by atoms with van der Waals surface area (Å²) in [7, 11) is 0. The van der Waals surface area contributed by atoms with Gasteiger partial charge in [0.2, 0.25) is 0 Å². The largest absolute Gasteiger partial charge is 0.314 e. The van der Waals surface area contributed by atoms with Crippen molar-refractivity contribution in [3.63, 3.8) is 0 Å². The molecular weight excluding hydrogens is 309 g/mol. The summed E-state index contributed by atoms with van der Waals surface area (Å²) in [4.78, 5) is 6.93. The minimum Gasteiger partial charge on any atom is -0.314 e. The quantitative estimate of drug-likeness (QED) is 0.840. The third kappa shape index (κ3) is 2.44. The molecule has 1 aliphatic heterocycles. The van der Waals surface area contributed by atoms with E-state index in [2.05, 4.69) is 44.7 Å². The zero-order valence-electron chi connectivity index (χ0n) is 8.16. The van der Waals surface area contributed by atoms with Crippen molar-refractivity contribution in [2.75, 3.05) is 26.2 Å². The molecule has 5 heteroatoms. The van der Waals surface area contributed by atoms with Gasteiger partial charge in [-0.05, 0) is 29.5 Å². The highest BCUT2D eigenvalue weighted by molar-refractivity contribution is 14.1. The molecule has 2 rings (SSSR count). The third-order valence-electron chi connectivity index (χ3n) is 2.55. The van der Waals surface area contributed by atoms with Crippen molar-refractivity contribution in [1.29, 1.82) is 0 Å². The first-order chi connectivity index (χ1) is 6.77. The molecule has 1 atom stereocenters. The summed E-state index contributed by atoms with van der Waals surface area (Å²) in [5, 5.41) is 4.61. The van der Waals surface area contributed by atoms with E-state index in [0.29, 0.717) is 6.04 Å². The van der Waals surface area contributed by atoms with Gasteiger partial charge in [0.1, 0.15) is 5.01 Å². The van der Waals surface area contributed by atoms with Crippen LogP contribution in [0.1, 0.15) is 18.0 Å². The normalized spacial score (nSPS) is 21.0. The molecule has 0 spiro atoms. The molecular formula is C9H14IN3S. The van der Waals surface area contributed by atoms with Crippen molar-refractivity contribution in [2.24, 2.45) is 0 Å². The lowest BCUT2D eigenvalue weighted by Gasteiger charge is -2.31. The van der Waals surface area contributed by atoms with E-state index in [4.69, 9.17) is 0 Å². The van der Waals surface area contributed by atoms with Crippen LogP contribution in [0.5, 0.6) is 0 Å². The Balaban J connectivity index is 2.03. The van der Waals surface area contributed by atoms with E-state index < -0.39 is 0 Å². The topological polar surface area (TPSA) is 28.2 Å². The van der Waals surface area contributed by atoms with Gasteiger partial charge in [0, 0.05) is 26.2 Å². The van der Waals surface area contributed by atoms with Crippen LogP contribution >= 0.6 is 33.9 Å². The molecule has 0 amide bonds. The number of piperazine rings is 1. The summed E-state index contributed by atoms with van der Waals surface area (Å²) in [6.45, 7) is 6.73. The Kier molecular flexibility index (Phi) is 3.75. The number of hydrogen-bond donors (Lipinski definition) is 1. The Labute approximate surface area is 102 Å². The highest BCUT2D eigenvalue weighted by atomic mass is 127. The molecule has 1 unspecified atom stereocenters. The minimum absolute atomic E-state index is 0.477. The zero-order chi connectivity index (χ0) is 9.97. The van der Waals surface area contributed by atoms with E-state index >= 15 is 0 Å². The van der Waals surface area contributed by atoms with E-state index in [-0.39, 0.29) is 0 Å². The fraction of sp³-hybridized carbons (Fsp3) is 0.667. The van der Waals surface area contributed by atoms with Crippen LogP contribution in [0.2, 0.25) is 0 Å². The molecule has 1 N–H and O–H groups in total. The van der Waals surface area contributed by atoms with Gasteiger partial charge in [0.15, 0.2) is 0 Å². The maximum atomic E-state index is 4.44. The smallest absolute Gasteiger partial charge is 0.110 e. The third-order valence-corrected chi connectivity index (χ3v) is 4.45. The number of nitrogens with zero attached hydrogens (tertiary/aromatic N) is 2. The van der Waals surface area contributed by atoms with Gasteiger partial charge in [-0.1, -0.05) is 0 Å². The monoisotopic (exact) mass is 323 g/mol. The Morgan fingerprint density at radius 3 is 2.86 bits per heavy atom. The second kappa shape index (κ2) is 4.87. The van der Waals surface area contributed by atoms with Crippen molar-refractivity contribution in [2.45, 2.75) is 13.0 Å². The number of nitrogens with one attached hydrogen (secondary N) is 1. The van der Waals surface area contributed by atoms with Crippen LogP contribution in [0.15, 0.2) is 6.20 Å². The van der Waals surface area contributed by atoms with Crippen molar-refractivity contribution < 1.29 is 0 Å². The minimum atomic E-state index is 0.477. The van der Waals surface area contributed by atoms with Crippen molar-refractivity contribution in [3.05, 3.63) is 14.1 Å². The van der Waals surface area contributed by atoms with Gasteiger partial charge in [0.05, 0.1) is 15.1 Å². The molecule has 1 aliphatic rings. The van der Waals surface area contributed by atoms with E-state index in [9.17, 15) is 0 Å². The molecule has 78 valence electrons. The molecule has 0 saturated carbocycles. The van der Waals surface area contributed by atoms with Gasteiger partial charge < -0.3 is 5.32 Å². The number of thiazole rings is 1. The Hall–Kier alpha value is 0.280. The first-order valence-corrected chi connectivity index (χ1v) is 6.73. The molecule has 14 heavy (non-hydrogen) atoms. The van der Waals surface area contributed by atoms with Gasteiger partial charge in [-0.3, -0.25) is 4.90 Å². The van der Waals surface area contributed by atoms with Gasteiger partial charge in [-0.25, -0.2) is 4.98 Å². The SMILES string of the molecule is CC(c1ncc(I)s1)N1CCNCC1. The van der Waals surface area contributed by atoms with Crippen LogP contribution < -0.4 is 5.32 Å². The number of aromatic nitrogens is 1. The van der Waals surface area contributed by atoms with E-state index in [1.54, 1.807) is 11.3 Å². The van der Waals surface area contributed by atoms with E-state index in [1.807, 2.05) is 6.20 Å². The Morgan fingerprint density at radius 2 is 2.29 bits per heavy atom. The van der Waals surface area contributed by atoms with Gasteiger partial charge >= 0.3 is 0 Å². The van der Waals surface area contributed by atoms with Crippen LogP contribution in [-0.4, -0.2) is 36.1 Å². The Morgan fingerprint density at radius 1 is 1.57 bits per heavy atom. The summed E-state index contributed by atoms with van der Waals surface area (Å²) >= 11 is 4.13. The van der Waals surface area contributed by atoms with Crippen LogP contribution in [0.25, 0.3) is 0 Å². The van der Waals surface area contributed by atoms with Crippen LogP contribution in [0.3, 0.4) is 0 Å². The van der Waals surface area contributed by atoms with Crippen LogP contribution in [-0.2, 0) is 0 Å². The molecule has 1 aromatic heterocycles. The zero-order valence-corrected chi connectivity index (χ0v) is 11.1. The predicted molar refractivity (Wildman–Crippen MR) is 67.7 cm³/mol. The Bertz CT molecular complexity index is 296.